The number of aromatic amines is 1. The van der Waals surface area contributed by atoms with Crippen LogP contribution in [0.5, 0.6) is 0 Å². The van der Waals surface area contributed by atoms with Gasteiger partial charge in [-0.3, -0.25) is 4.79 Å². The van der Waals surface area contributed by atoms with E-state index in [4.69, 9.17) is 4.74 Å². The minimum absolute atomic E-state index is 0.0907. The van der Waals surface area contributed by atoms with Crippen LogP contribution in [0.2, 0.25) is 0 Å². The van der Waals surface area contributed by atoms with Crippen LogP contribution in [0.4, 0.5) is 0 Å². The number of imidazole rings is 1. The van der Waals surface area contributed by atoms with Gasteiger partial charge in [0.1, 0.15) is 5.82 Å². The van der Waals surface area contributed by atoms with E-state index in [0.717, 1.165) is 43.0 Å². The molecule has 2 rings (SSSR count). The van der Waals surface area contributed by atoms with Gasteiger partial charge >= 0.3 is 5.97 Å². The molecule has 23 heavy (non-hydrogen) atoms. The summed E-state index contributed by atoms with van der Waals surface area (Å²) in [6, 6.07) is 0. The van der Waals surface area contributed by atoms with Crippen molar-refractivity contribution in [1.82, 2.24) is 9.97 Å². The molecule has 0 amide bonds. The molecule has 1 heterocycles. The van der Waals surface area contributed by atoms with E-state index < -0.39 is 0 Å². The molecule has 0 spiro atoms. The number of ether oxygens (including phenoxy) is 1. The van der Waals surface area contributed by atoms with Crippen molar-refractivity contribution in [3.8, 4) is 0 Å². The number of carbonyl (C=O) groups is 1. The van der Waals surface area contributed by atoms with Crippen molar-refractivity contribution in [1.29, 1.82) is 0 Å². The molecule has 4 nitrogen and oxygen atoms in total. The van der Waals surface area contributed by atoms with Gasteiger partial charge < -0.3 is 9.72 Å². The van der Waals surface area contributed by atoms with E-state index in [1.807, 2.05) is 28.5 Å². The second-order valence-electron chi connectivity index (χ2n) is 5.56. The molecular formula is C17H26N2O2S2. The van der Waals surface area contributed by atoms with Crippen LogP contribution in [0.3, 0.4) is 0 Å². The van der Waals surface area contributed by atoms with Crippen LogP contribution in [0.15, 0.2) is 6.08 Å². The first-order valence-electron chi connectivity index (χ1n) is 8.44. The molecule has 1 aliphatic rings. The minimum Gasteiger partial charge on any atom is -0.466 e. The van der Waals surface area contributed by atoms with E-state index in [0.29, 0.717) is 13.0 Å². The van der Waals surface area contributed by atoms with Crippen molar-refractivity contribution in [3.63, 3.8) is 0 Å². The molecule has 1 aromatic heterocycles. The summed E-state index contributed by atoms with van der Waals surface area (Å²) in [7, 11) is 3.79. The number of esters is 1. The number of nitrogens with zero attached hydrogens (tertiary/aromatic N) is 1. The fourth-order valence-electron chi connectivity index (χ4n) is 2.36. The van der Waals surface area contributed by atoms with Crippen LogP contribution in [0, 0.1) is 0 Å². The Bertz CT molecular complexity index is 515. The number of rotatable bonds is 11. The lowest BCUT2D eigenvalue weighted by Crippen LogP contribution is -2.03. The SMILES string of the molecule is CCC(=O)OCCCCCCSSCc1nc2c([nH]1)CCC=C2. The zero-order valence-electron chi connectivity index (χ0n) is 13.8. The van der Waals surface area contributed by atoms with Gasteiger partial charge in [-0.2, -0.15) is 0 Å². The first kappa shape index (κ1) is 18.5. The second kappa shape index (κ2) is 10.8. The summed E-state index contributed by atoms with van der Waals surface area (Å²) >= 11 is 0. The van der Waals surface area contributed by atoms with Gasteiger partial charge in [0.2, 0.25) is 0 Å². The molecule has 0 aromatic carbocycles. The van der Waals surface area contributed by atoms with Crippen molar-refractivity contribution in [3.05, 3.63) is 23.3 Å². The Labute approximate surface area is 146 Å². The van der Waals surface area contributed by atoms with E-state index in [-0.39, 0.29) is 5.97 Å². The lowest BCUT2D eigenvalue weighted by Gasteiger charge is -2.03. The summed E-state index contributed by atoms with van der Waals surface area (Å²) < 4.78 is 5.06. The second-order valence-corrected chi connectivity index (χ2v) is 8.14. The van der Waals surface area contributed by atoms with Gasteiger partial charge in [-0.25, -0.2) is 4.98 Å². The molecule has 1 N–H and O–H groups in total. The van der Waals surface area contributed by atoms with Gasteiger partial charge in [-0.15, -0.1) is 0 Å². The van der Waals surface area contributed by atoms with Crippen LogP contribution in [-0.2, 0) is 21.7 Å². The van der Waals surface area contributed by atoms with Crippen LogP contribution >= 0.6 is 21.6 Å². The Morgan fingerprint density at radius 3 is 3.00 bits per heavy atom. The highest BCUT2D eigenvalue weighted by molar-refractivity contribution is 8.76. The molecule has 1 aliphatic carbocycles. The number of H-pyrrole nitrogens is 1. The molecule has 0 saturated carbocycles. The molecule has 0 unspecified atom stereocenters. The van der Waals surface area contributed by atoms with Crippen molar-refractivity contribution < 1.29 is 9.53 Å². The van der Waals surface area contributed by atoms with Crippen LogP contribution in [0.1, 0.15) is 62.7 Å². The highest BCUT2D eigenvalue weighted by Crippen LogP contribution is 2.27. The lowest BCUT2D eigenvalue weighted by atomic mass is 10.1. The topological polar surface area (TPSA) is 55.0 Å². The molecular weight excluding hydrogens is 328 g/mol. The van der Waals surface area contributed by atoms with E-state index in [2.05, 4.69) is 22.1 Å². The Morgan fingerprint density at radius 2 is 2.17 bits per heavy atom. The fraction of sp³-hybridized carbons (Fsp3) is 0.647. The number of hydrogen-bond donors (Lipinski definition) is 1. The van der Waals surface area contributed by atoms with E-state index in [1.165, 1.54) is 24.3 Å². The average molecular weight is 355 g/mol. The van der Waals surface area contributed by atoms with Crippen LogP contribution < -0.4 is 0 Å². The number of unbranched alkanes of at least 4 members (excludes halogenated alkanes) is 3. The quantitative estimate of drug-likeness (QED) is 0.352. The smallest absolute Gasteiger partial charge is 0.305 e. The zero-order chi connectivity index (χ0) is 16.3. The third kappa shape index (κ3) is 7.04. The molecule has 0 aliphatic heterocycles. The Kier molecular flexibility index (Phi) is 8.68. The van der Waals surface area contributed by atoms with E-state index in [9.17, 15) is 4.79 Å². The molecule has 1 aromatic rings. The number of fused-ring (bicyclic) bond motifs is 1. The minimum atomic E-state index is -0.0907. The number of nitrogens with one attached hydrogen (secondary N) is 1. The maximum Gasteiger partial charge on any atom is 0.305 e. The molecule has 6 heteroatoms. The molecule has 0 atom stereocenters. The first-order valence-corrected chi connectivity index (χ1v) is 10.9. The maximum atomic E-state index is 11.0. The third-order valence-electron chi connectivity index (χ3n) is 3.65. The van der Waals surface area contributed by atoms with E-state index >= 15 is 0 Å². The first-order chi connectivity index (χ1) is 11.3. The standard InChI is InChI=1S/C17H26N2O2S2/c1-2-17(20)21-11-7-3-4-8-12-22-23-13-16-18-14-9-5-6-10-15(14)19-16/h5,9H,2-4,6-8,10-13H2,1H3,(H,18,19). The number of aromatic nitrogens is 2. The monoisotopic (exact) mass is 354 g/mol. The summed E-state index contributed by atoms with van der Waals surface area (Å²) in [6.45, 7) is 2.40. The van der Waals surface area contributed by atoms with Gasteiger partial charge in [-0.1, -0.05) is 47.4 Å². The van der Waals surface area contributed by atoms with E-state index in [1.54, 1.807) is 0 Å². The molecule has 0 fully saturated rings. The lowest BCUT2D eigenvalue weighted by molar-refractivity contribution is -0.143. The largest absolute Gasteiger partial charge is 0.466 e. The third-order valence-corrected chi connectivity index (χ3v) is 6.02. The molecule has 0 saturated heterocycles. The van der Waals surface area contributed by atoms with Crippen LogP contribution in [0.25, 0.3) is 6.08 Å². The van der Waals surface area contributed by atoms with Gasteiger partial charge in [0, 0.05) is 17.9 Å². The van der Waals surface area contributed by atoms with Crippen molar-refractivity contribution in [2.24, 2.45) is 0 Å². The maximum absolute atomic E-state index is 11.0. The van der Waals surface area contributed by atoms with Gasteiger partial charge in [-0.05, 0) is 31.8 Å². The number of allylic oxidation sites excluding steroid dienone is 1. The summed E-state index contributed by atoms with van der Waals surface area (Å²) in [6.07, 6.45) is 11.5. The van der Waals surface area contributed by atoms with Crippen LogP contribution in [-0.4, -0.2) is 28.3 Å². The van der Waals surface area contributed by atoms with Gasteiger partial charge in [0.25, 0.3) is 0 Å². The molecule has 0 radical (unpaired) electrons. The fourth-order valence-corrected chi connectivity index (χ4v) is 4.42. The number of hydrogen-bond acceptors (Lipinski definition) is 5. The Morgan fingerprint density at radius 1 is 1.30 bits per heavy atom. The predicted molar refractivity (Wildman–Crippen MR) is 99.4 cm³/mol. The average Bonchev–Trinajstić information content (AvgIpc) is 2.99. The predicted octanol–water partition coefficient (Wildman–Crippen LogP) is 4.76. The number of aryl methyl sites for hydroxylation is 1. The normalized spacial score (nSPS) is 13.1. The van der Waals surface area contributed by atoms with Gasteiger partial charge in [0.05, 0.1) is 18.1 Å². The Hall–Kier alpha value is -0.880. The summed E-state index contributed by atoms with van der Waals surface area (Å²) in [5.41, 5.74) is 2.41. The van der Waals surface area contributed by atoms with Crippen molar-refractivity contribution in [2.45, 2.75) is 57.6 Å². The van der Waals surface area contributed by atoms with Crippen molar-refractivity contribution in [2.75, 3.05) is 12.4 Å². The number of carbonyl (C=O) groups excluding carboxylic acids is 1. The summed E-state index contributed by atoms with van der Waals surface area (Å²) in [5, 5.41) is 0. The molecule has 128 valence electrons. The summed E-state index contributed by atoms with van der Waals surface area (Å²) in [4.78, 5) is 19.0. The molecule has 0 bridgehead atoms. The highest BCUT2D eigenvalue weighted by Gasteiger charge is 2.10. The van der Waals surface area contributed by atoms with Crippen molar-refractivity contribution >= 4 is 33.6 Å². The Balaban J connectivity index is 1.43. The van der Waals surface area contributed by atoms with Gasteiger partial charge in [0.15, 0.2) is 0 Å². The highest BCUT2D eigenvalue weighted by atomic mass is 33.1. The zero-order valence-corrected chi connectivity index (χ0v) is 15.4. The summed E-state index contributed by atoms with van der Waals surface area (Å²) in [5.74, 6) is 3.11.